The van der Waals surface area contributed by atoms with Gasteiger partial charge in [-0.3, -0.25) is 4.79 Å². The van der Waals surface area contributed by atoms with Crippen LogP contribution in [0.5, 0.6) is 5.75 Å². The van der Waals surface area contributed by atoms with Gasteiger partial charge in [-0.15, -0.1) is 0 Å². The maximum Gasteiger partial charge on any atom is 0.276 e. The van der Waals surface area contributed by atoms with E-state index in [1.54, 1.807) is 7.11 Å². The van der Waals surface area contributed by atoms with E-state index in [4.69, 9.17) is 4.74 Å². The van der Waals surface area contributed by atoms with Crippen molar-refractivity contribution in [1.82, 2.24) is 5.32 Å². The van der Waals surface area contributed by atoms with E-state index in [1.165, 1.54) is 0 Å². The second-order valence-electron chi connectivity index (χ2n) is 6.30. The fraction of sp³-hybridized carbons (Fsp3) is 0.529. The first kappa shape index (κ1) is 16.3. The van der Waals surface area contributed by atoms with Crippen LogP contribution in [-0.2, 0) is 11.3 Å². The van der Waals surface area contributed by atoms with Crippen molar-refractivity contribution in [3.8, 4) is 11.8 Å². The van der Waals surface area contributed by atoms with Crippen molar-refractivity contribution < 1.29 is 14.4 Å². The number of carbonyl (C=O) groups excluding carboxylic acids is 1. The van der Waals surface area contributed by atoms with Crippen molar-refractivity contribution in [3.63, 3.8) is 0 Å². The molecule has 0 spiro atoms. The Kier molecular flexibility index (Phi) is 5.04. The number of rotatable bonds is 7. The SMILES string of the molecule is COc1cccc(C[NH+](C)CC(=O)N[C@@](C)(C#N)C2CC2)c1. The molecule has 0 heterocycles. The van der Waals surface area contributed by atoms with Crippen molar-refractivity contribution >= 4 is 5.91 Å². The van der Waals surface area contributed by atoms with Crippen molar-refractivity contribution in [3.05, 3.63) is 29.8 Å². The third-order valence-electron chi connectivity index (χ3n) is 4.13. The summed E-state index contributed by atoms with van der Waals surface area (Å²) in [5, 5.41) is 12.2. The molecule has 0 radical (unpaired) electrons. The highest BCUT2D eigenvalue weighted by molar-refractivity contribution is 5.78. The zero-order chi connectivity index (χ0) is 16.2. The van der Waals surface area contributed by atoms with Gasteiger partial charge in [0.1, 0.15) is 17.8 Å². The topological polar surface area (TPSA) is 66.6 Å². The number of ether oxygens (including phenoxy) is 1. The van der Waals surface area contributed by atoms with Gasteiger partial charge in [0.15, 0.2) is 6.54 Å². The highest BCUT2D eigenvalue weighted by Crippen LogP contribution is 2.39. The van der Waals surface area contributed by atoms with Gasteiger partial charge in [0.05, 0.1) is 20.2 Å². The van der Waals surface area contributed by atoms with Crippen molar-refractivity contribution in [2.24, 2.45) is 5.92 Å². The highest BCUT2D eigenvalue weighted by Gasteiger charge is 2.43. The van der Waals surface area contributed by atoms with Crippen LogP contribution in [0.25, 0.3) is 0 Å². The Morgan fingerprint density at radius 3 is 2.86 bits per heavy atom. The fourth-order valence-corrected chi connectivity index (χ4v) is 2.68. The Labute approximate surface area is 131 Å². The van der Waals surface area contributed by atoms with Gasteiger partial charge >= 0.3 is 0 Å². The van der Waals surface area contributed by atoms with Crippen LogP contribution in [0.3, 0.4) is 0 Å². The van der Waals surface area contributed by atoms with E-state index < -0.39 is 5.54 Å². The average molecular weight is 302 g/mol. The van der Waals surface area contributed by atoms with E-state index in [2.05, 4.69) is 11.4 Å². The summed E-state index contributed by atoms with van der Waals surface area (Å²) in [5.74, 6) is 1.05. The summed E-state index contributed by atoms with van der Waals surface area (Å²) in [6.45, 7) is 2.90. The number of carbonyl (C=O) groups is 1. The molecule has 5 heteroatoms. The molecule has 1 aromatic carbocycles. The molecule has 1 aliphatic carbocycles. The molecule has 0 aliphatic heterocycles. The van der Waals surface area contributed by atoms with Gasteiger partial charge < -0.3 is 15.0 Å². The number of methoxy groups -OCH3 is 1. The molecule has 1 aliphatic rings. The summed E-state index contributed by atoms with van der Waals surface area (Å²) in [5.41, 5.74) is 0.405. The molecule has 2 atom stereocenters. The molecule has 1 amide bonds. The number of benzene rings is 1. The van der Waals surface area contributed by atoms with Gasteiger partial charge in [0.2, 0.25) is 0 Å². The lowest BCUT2D eigenvalue weighted by Crippen LogP contribution is -3.09. The first-order valence-corrected chi connectivity index (χ1v) is 7.63. The number of nitrogens with zero attached hydrogens (tertiary/aromatic N) is 1. The molecule has 0 saturated heterocycles. The molecule has 1 fully saturated rings. The molecule has 1 aromatic rings. The third-order valence-corrected chi connectivity index (χ3v) is 4.13. The van der Waals surface area contributed by atoms with Gasteiger partial charge in [-0.05, 0) is 37.8 Å². The van der Waals surface area contributed by atoms with Crippen LogP contribution in [0.1, 0.15) is 25.3 Å². The lowest BCUT2D eigenvalue weighted by molar-refractivity contribution is -0.885. The molecule has 0 aromatic heterocycles. The molecular formula is C17H24N3O2+. The van der Waals surface area contributed by atoms with E-state index in [1.807, 2.05) is 38.2 Å². The minimum absolute atomic E-state index is 0.0728. The highest BCUT2D eigenvalue weighted by atomic mass is 16.5. The number of hydrogen-bond donors (Lipinski definition) is 2. The van der Waals surface area contributed by atoms with Crippen molar-refractivity contribution in [2.75, 3.05) is 20.7 Å². The van der Waals surface area contributed by atoms with E-state index in [9.17, 15) is 10.1 Å². The predicted molar refractivity (Wildman–Crippen MR) is 83.3 cm³/mol. The molecule has 1 saturated carbocycles. The Morgan fingerprint density at radius 2 is 2.27 bits per heavy atom. The van der Waals surface area contributed by atoms with Crippen LogP contribution in [0.4, 0.5) is 0 Å². The van der Waals surface area contributed by atoms with Crippen LogP contribution >= 0.6 is 0 Å². The molecular weight excluding hydrogens is 278 g/mol. The van der Waals surface area contributed by atoms with E-state index in [-0.39, 0.29) is 5.91 Å². The fourth-order valence-electron chi connectivity index (χ4n) is 2.68. The molecule has 0 bridgehead atoms. The maximum atomic E-state index is 12.2. The molecule has 5 nitrogen and oxygen atoms in total. The standard InChI is InChI=1S/C17H23N3O2/c1-17(12-18,14-7-8-14)19-16(21)11-20(2)10-13-5-4-6-15(9-13)22-3/h4-6,9,14H,7-8,10-11H2,1-3H3,(H,19,21)/p+1/t17-/m0/s1. The van der Waals surface area contributed by atoms with Crippen LogP contribution in [0.2, 0.25) is 0 Å². The zero-order valence-electron chi connectivity index (χ0n) is 13.5. The summed E-state index contributed by atoms with van der Waals surface area (Å²) in [7, 11) is 3.61. The summed E-state index contributed by atoms with van der Waals surface area (Å²) < 4.78 is 5.21. The monoisotopic (exact) mass is 302 g/mol. The maximum absolute atomic E-state index is 12.2. The Morgan fingerprint density at radius 1 is 1.55 bits per heavy atom. The summed E-state index contributed by atoms with van der Waals surface area (Å²) >= 11 is 0. The lowest BCUT2D eigenvalue weighted by atomic mass is 9.98. The van der Waals surface area contributed by atoms with Gasteiger partial charge in [-0.1, -0.05) is 12.1 Å². The summed E-state index contributed by atoms with van der Waals surface area (Å²) in [6.07, 6.45) is 2.05. The van der Waals surface area contributed by atoms with Crippen LogP contribution in [0.15, 0.2) is 24.3 Å². The summed E-state index contributed by atoms with van der Waals surface area (Å²) in [4.78, 5) is 13.2. The van der Waals surface area contributed by atoms with Gasteiger partial charge in [0, 0.05) is 5.56 Å². The van der Waals surface area contributed by atoms with Gasteiger partial charge in [-0.2, -0.15) is 5.26 Å². The Bertz CT molecular complexity index is 578. The molecule has 22 heavy (non-hydrogen) atoms. The Balaban J connectivity index is 1.87. The number of nitriles is 1. The number of likely N-dealkylation sites (N-methyl/N-ethyl adjacent to an activating group) is 1. The number of nitrogens with one attached hydrogen (secondary N) is 2. The zero-order valence-corrected chi connectivity index (χ0v) is 13.5. The number of hydrogen-bond acceptors (Lipinski definition) is 3. The number of amides is 1. The van der Waals surface area contributed by atoms with E-state index in [0.717, 1.165) is 35.6 Å². The second-order valence-corrected chi connectivity index (χ2v) is 6.30. The summed E-state index contributed by atoms with van der Waals surface area (Å²) in [6, 6.07) is 10.1. The van der Waals surface area contributed by atoms with E-state index >= 15 is 0 Å². The minimum Gasteiger partial charge on any atom is -0.497 e. The van der Waals surface area contributed by atoms with Crippen LogP contribution in [0, 0.1) is 17.2 Å². The molecule has 118 valence electrons. The molecule has 1 unspecified atom stereocenters. The third kappa shape index (κ3) is 4.22. The normalized spacial score (nSPS) is 17.9. The minimum atomic E-state index is -0.715. The van der Waals surface area contributed by atoms with E-state index in [0.29, 0.717) is 12.5 Å². The van der Waals surface area contributed by atoms with Gasteiger partial charge in [0.25, 0.3) is 5.91 Å². The quantitative estimate of drug-likeness (QED) is 0.771. The number of quaternary nitrogens is 1. The van der Waals surface area contributed by atoms with Gasteiger partial charge in [-0.25, -0.2) is 0 Å². The van der Waals surface area contributed by atoms with Crippen molar-refractivity contribution in [2.45, 2.75) is 31.8 Å². The van der Waals surface area contributed by atoms with Crippen LogP contribution < -0.4 is 15.0 Å². The Hall–Kier alpha value is -2.06. The predicted octanol–water partition coefficient (Wildman–Crippen LogP) is 0.518. The van der Waals surface area contributed by atoms with Crippen LogP contribution in [-0.4, -0.2) is 32.1 Å². The first-order valence-electron chi connectivity index (χ1n) is 7.63. The largest absolute Gasteiger partial charge is 0.497 e. The molecule has 2 N–H and O–H groups in total. The van der Waals surface area contributed by atoms with Crippen molar-refractivity contribution in [1.29, 1.82) is 5.26 Å². The lowest BCUT2D eigenvalue weighted by Gasteiger charge is -2.23. The molecule has 2 rings (SSSR count). The second kappa shape index (κ2) is 6.80. The average Bonchev–Trinajstić information content (AvgIpc) is 3.32. The smallest absolute Gasteiger partial charge is 0.276 e. The first-order chi connectivity index (χ1) is 10.5.